The maximum Gasteiger partial charge on any atom is 0.308 e. The fraction of sp³-hybridized carbons (Fsp3) is 0.238. The number of carboxylic acids is 1. The quantitative estimate of drug-likeness (QED) is 0.142. The van der Waals surface area contributed by atoms with Crippen LogP contribution in [0, 0.1) is 23.6 Å². The number of benzene rings is 3. The summed E-state index contributed by atoms with van der Waals surface area (Å²) in [7, 11) is 1.75. The van der Waals surface area contributed by atoms with E-state index in [2.05, 4.69) is 51.4 Å². The molecule has 0 radical (unpaired) electrons. The van der Waals surface area contributed by atoms with Gasteiger partial charge in [0.1, 0.15) is 21.9 Å². The molecule has 3 aliphatic rings. The number of aromatic nitrogens is 7. The van der Waals surface area contributed by atoms with Gasteiger partial charge in [0.2, 0.25) is 0 Å². The van der Waals surface area contributed by atoms with E-state index in [1.54, 1.807) is 24.1 Å². The van der Waals surface area contributed by atoms with Crippen LogP contribution in [0.2, 0.25) is 5.15 Å². The lowest BCUT2D eigenvalue weighted by Crippen LogP contribution is -2.51. The van der Waals surface area contributed by atoms with Gasteiger partial charge in [-0.25, -0.2) is 24.3 Å². The number of halogens is 2. The van der Waals surface area contributed by atoms with Crippen LogP contribution >= 0.6 is 11.6 Å². The molecule has 3 aliphatic carbocycles. The van der Waals surface area contributed by atoms with E-state index in [9.17, 15) is 9.90 Å². The molecule has 0 saturated heterocycles. The Morgan fingerprint density at radius 3 is 1.98 bits per heavy atom. The number of fused-ring (bicyclic) bond motifs is 4. The van der Waals surface area contributed by atoms with E-state index >= 15 is 4.39 Å². The van der Waals surface area contributed by atoms with Crippen molar-refractivity contribution in [3.8, 4) is 22.6 Å². The van der Waals surface area contributed by atoms with Crippen LogP contribution in [-0.4, -0.2) is 51.4 Å². The number of nitrogens with one attached hydrogen (secondary N) is 1. The van der Waals surface area contributed by atoms with Gasteiger partial charge in [-0.05, 0) is 54.2 Å². The molecule has 4 heterocycles. The molecule has 3 aromatic carbocycles. The minimum absolute atomic E-state index is 0.0182. The third kappa shape index (κ3) is 5.53. The molecule has 12 heteroatoms. The third-order valence-corrected chi connectivity index (χ3v) is 11.5. The molecular formula is C42H36ClFN8O2. The number of carboxylic acid groups (broad SMARTS) is 1. The first-order chi connectivity index (χ1) is 26.3. The number of nitrogens with zero attached hydrogens (tertiary/aromatic N) is 7. The molecular weight excluding hydrogens is 703 g/mol. The second-order valence-corrected chi connectivity index (χ2v) is 14.6. The maximum absolute atomic E-state index is 16.8. The van der Waals surface area contributed by atoms with Gasteiger partial charge >= 0.3 is 5.97 Å². The highest BCUT2D eigenvalue weighted by Gasteiger charge is 2.48. The van der Waals surface area contributed by atoms with Crippen LogP contribution in [0.25, 0.3) is 33.8 Å². The summed E-state index contributed by atoms with van der Waals surface area (Å²) in [4.78, 5) is 32.0. The molecule has 0 spiro atoms. The topological polar surface area (TPSA) is 124 Å². The standard InChI is InChI=1S/C42H36ClFN8O2/c1-51-23-27(21-46-51)36-34(44)39(48-35-26-19-17-25(18-20-26)33(35)41(53)54)50-38(49-36)31-24-52(40-37(31)47-32(43)22-45-40)42(28-11-5-2-6-12-28,29-13-7-3-8-14-29)30-15-9-4-10-16-30/h2-16,21-26,33,35H,17-20H2,1H3,(H,53,54)(H,48,49,50). The monoisotopic (exact) mass is 738 g/mol. The number of hydrogen-bond acceptors (Lipinski definition) is 7. The Kier molecular flexibility index (Phi) is 8.45. The minimum atomic E-state index is -0.966. The lowest BCUT2D eigenvalue weighted by atomic mass is 9.61. The zero-order valence-corrected chi connectivity index (χ0v) is 30.1. The van der Waals surface area contributed by atoms with E-state index in [0.717, 1.165) is 42.4 Å². The molecule has 54 heavy (non-hydrogen) atoms. The minimum Gasteiger partial charge on any atom is -0.481 e. The fourth-order valence-corrected chi connectivity index (χ4v) is 9.05. The van der Waals surface area contributed by atoms with Crippen molar-refractivity contribution in [3.63, 3.8) is 0 Å². The average molecular weight is 739 g/mol. The van der Waals surface area contributed by atoms with Gasteiger partial charge in [0.15, 0.2) is 23.1 Å². The first kappa shape index (κ1) is 33.9. The van der Waals surface area contributed by atoms with E-state index in [-0.39, 0.29) is 34.3 Å². The summed E-state index contributed by atoms with van der Waals surface area (Å²) in [5, 5.41) is 18.1. The SMILES string of the molecule is Cn1cc(-c2nc(-c3cn(C(c4ccccc4)(c4ccccc4)c4ccccc4)c4ncc(Cl)nc34)nc(NC3C4CCC(CC4)C3C(=O)O)c2F)cn1. The normalized spacial score (nSPS) is 19.6. The Morgan fingerprint density at radius 1 is 0.833 bits per heavy atom. The van der Waals surface area contributed by atoms with Gasteiger partial charge in [0.05, 0.1) is 23.9 Å². The Morgan fingerprint density at radius 2 is 1.43 bits per heavy atom. The van der Waals surface area contributed by atoms with Crippen molar-refractivity contribution in [1.29, 1.82) is 0 Å². The first-order valence-electron chi connectivity index (χ1n) is 18.1. The number of anilines is 1. The number of aliphatic carboxylic acids is 1. The summed E-state index contributed by atoms with van der Waals surface area (Å²) >= 11 is 6.59. The van der Waals surface area contributed by atoms with Gasteiger partial charge in [-0.15, -0.1) is 0 Å². The lowest BCUT2D eigenvalue weighted by molar-refractivity contribution is -0.148. The second kappa shape index (κ2) is 13.5. The molecule has 7 aromatic rings. The number of carbonyl (C=O) groups is 1. The highest BCUT2D eigenvalue weighted by atomic mass is 35.5. The number of hydrogen-bond donors (Lipinski definition) is 2. The zero-order valence-electron chi connectivity index (χ0n) is 29.3. The molecule has 2 atom stereocenters. The molecule has 3 fully saturated rings. The van der Waals surface area contributed by atoms with Gasteiger partial charge in [-0.3, -0.25) is 9.48 Å². The van der Waals surface area contributed by atoms with Crippen LogP contribution in [0.5, 0.6) is 0 Å². The predicted molar refractivity (Wildman–Crippen MR) is 204 cm³/mol. The van der Waals surface area contributed by atoms with E-state index in [4.69, 9.17) is 31.5 Å². The van der Waals surface area contributed by atoms with Crippen molar-refractivity contribution < 1.29 is 14.3 Å². The van der Waals surface area contributed by atoms with Crippen LogP contribution in [0.3, 0.4) is 0 Å². The van der Waals surface area contributed by atoms with Gasteiger partial charge in [-0.1, -0.05) is 103 Å². The van der Waals surface area contributed by atoms with E-state index in [1.165, 1.54) is 6.20 Å². The molecule has 2 unspecified atom stereocenters. The highest BCUT2D eigenvalue weighted by Crippen LogP contribution is 2.48. The predicted octanol–water partition coefficient (Wildman–Crippen LogP) is 8.22. The lowest BCUT2D eigenvalue weighted by Gasteiger charge is -2.47. The summed E-state index contributed by atoms with van der Waals surface area (Å²) < 4.78 is 20.5. The van der Waals surface area contributed by atoms with Crippen LogP contribution in [-0.2, 0) is 17.4 Å². The molecule has 0 amide bonds. The van der Waals surface area contributed by atoms with Crippen molar-refractivity contribution in [2.75, 3.05) is 5.32 Å². The summed E-state index contributed by atoms with van der Waals surface area (Å²) in [5.74, 6) is -2.02. The molecule has 10 rings (SSSR count). The fourth-order valence-electron chi connectivity index (χ4n) is 8.91. The van der Waals surface area contributed by atoms with Gasteiger partial charge in [0, 0.05) is 31.0 Å². The number of aryl methyl sites for hydroxylation is 1. The van der Waals surface area contributed by atoms with Crippen molar-refractivity contribution >= 4 is 34.6 Å². The van der Waals surface area contributed by atoms with Crippen LogP contribution in [0.15, 0.2) is 116 Å². The zero-order chi connectivity index (χ0) is 37.0. The van der Waals surface area contributed by atoms with Crippen molar-refractivity contribution in [2.45, 2.75) is 37.3 Å². The summed E-state index contributed by atoms with van der Waals surface area (Å²) in [6.45, 7) is 0. The van der Waals surface area contributed by atoms with Gasteiger partial charge < -0.3 is 15.0 Å². The number of rotatable bonds is 9. The van der Waals surface area contributed by atoms with Gasteiger partial charge in [0.25, 0.3) is 0 Å². The van der Waals surface area contributed by atoms with Crippen LogP contribution in [0.1, 0.15) is 42.4 Å². The molecule has 10 nitrogen and oxygen atoms in total. The van der Waals surface area contributed by atoms with Crippen molar-refractivity contribution in [2.24, 2.45) is 24.8 Å². The van der Waals surface area contributed by atoms with Gasteiger partial charge in [-0.2, -0.15) is 5.10 Å². The van der Waals surface area contributed by atoms with Crippen LogP contribution < -0.4 is 5.32 Å². The third-order valence-electron chi connectivity index (χ3n) is 11.3. The Bertz CT molecular complexity index is 2390. The summed E-state index contributed by atoms with van der Waals surface area (Å²) in [5.41, 5.74) is 3.80. The average Bonchev–Trinajstić information content (AvgIpc) is 3.81. The molecule has 4 aromatic heterocycles. The second-order valence-electron chi connectivity index (χ2n) is 14.3. The molecule has 2 bridgehead atoms. The molecule has 270 valence electrons. The van der Waals surface area contributed by atoms with Crippen LogP contribution in [0.4, 0.5) is 10.2 Å². The van der Waals surface area contributed by atoms with E-state index in [1.807, 2.05) is 60.8 Å². The van der Waals surface area contributed by atoms with Crippen molar-refractivity contribution in [3.05, 3.63) is 143 Å². The summed E-state index contributed by atoms with van der Waals surface area (Å²) in [6.07, 6.45) is 10.1. The Labute approximate surface area is 315 Å². The highest BCUT2D eigenvalue weighted by molar-refractivity contribution is 6.29. The van der Waals surface area contributed by atoms with Crippen molar-refractivity contribution in [1.82, 2.24) is 34.3 Å². The Balaban J connectivity index is 1.32. The molecule has 2 N–H and O–H groups in total. The molecule has 3 saturated carbocycles. The smallest absolute Gasteiger partial charge is 0.308 e. The summed E-state index contributed by atoms with van der Waals surface area (Å²) in [6, 6.07) is 30.0. The first-order valence-corrected chi connectivity index (χ1v) is 18.5. The Hall–Kier alpha value is -5.94. The molecule has 0 aliphatic heterocycles. The maximum atomic E-state index is 16.8. The van der Waals surface area contributed by atoms with E-state index < -0.39 is 29.3 Å². The van der Waals surface area contributed by atoms with E-state index in [0.29, 0.717) is 22.3 Å². The largest absolute Gasteiger partial charge is 0.481 e.